The third-order valence-corrected chi connectivity index (χ3v) is 3.18. The quantitative estimate of drug-likeness (QED) is 0.784. The van der Waals surface area contributed by atoms with E-state index >= 15 is 0 Å². The zero-order valence-electron chi connectivity index (χ0n) is 11.9. The van der Waals surface area contributed by atoms with Crippen LogP contribution in [0.15, 0.2) is 0 Å². The second-order valence-corrected chi connectivity index (χ2v) is 4.40. The van der Waals surface area contributed by atoms with Crippen LogP contribution < -0.4 is 5.32 Å². The molecule has 0 aliphatic heterocycles. The van der Waals surface area contributed by atoms with Crippen LogP contribution in [-0.2, 0) is 16.1 Å². The molecular weight excluding hydrogens is 230 g/mol. The fourth-order valence-corrected chi connectivity index (χ4v) is 2.24. The number of aryl methyl sites for hydroxylation is 2. The fraction of sp³-hybridized carbons (Fsp3) is 0.692. The van der Waals surface area contributed by atoms with Gasteiger partial charge in [-0.05, 0) is 27.7 Å². The fourth-order valence-electron chi connectivity index (χ4n) is 2.24. The molecule has 0 radical (unpaired) electrons. The number of ether oxygens (including phenoxy) is 1. The van der Waals surface area contributed by atoms with E-state index in [0.29, 0.717) is 13.0 Å². The first-order chi connectivity index (χ1) is 8.51. The van der Waals surface area contributed by atoms with Crippen molar-refractivity contribution in [3.8, 4) is 0 Å². The third kappa shape index (κ3) is 3.32. The molecule has 1 N–H and O–H groups in total. The van der Waals surface area contributed by atoms with Gasteiger partial charge in [0.25, 0.3) is 0 Å². The summed E-state index contributed by atoms with van der Waals surface area (Å²) in [5, 5.41) is 7.82. The summed E-state index contributed by atoms with van der Waals surface area (Å²) in [4.78, 5) is 11.0. The number of esters is 1. The van der Waals surface area contributed by atoms with E-state index in [1.807, 2.05) is 11.6 Å². The maximum absolute atomic E-state index is 11.0. The molecule has 5 heteroatoms. The van der Waals surface area contributed by atoms with Gasteiger partial charge in [-0.2, -0.15) is 5.10 Å². The van der Waals surface area contributed by atoms with Crippen molar-refractivity contribution in [2.24, 2.45) is 0 Å². The number of carbonyl (C=O) groups excluding carboxylic acids is 1. The van der Waals surface area contributed by atoms with Crippen LogP contribution in [0.1, 0.15) is 43.3 Å². The third-order valence-electron chi connectivity index (χ3n) is 3.18. The van der Waals surface area contributed by atoms with Crippen LogP contribution in [0.4, 0.5) is 0 Å². The van der Waals surface area contributed by atoms with E-state index in [4.69, 9.17) is 0 Å². The minimum atomic E-state index is -0.188. The van der Waals surface area contributed by atoms with E-state index in [9.17, 15) is 4.79 Å². The van der Waals surface area contributed by atoms with Crippen LogP contribution in [-0.4, -0.2) is 29.4 Å². The Hall–Kier alpha value is -1.36. The SMILES string of the molecule is CCn1nc(C)c(C(C)NCCC(=O)OC)c1C. The van der Waals surface area contributed by atoms with Gasteiger partial charge in [0.05, 0.1) is 19.2 Å². The number of hydrogen-bond donors (Lipinski definition) is 1. The molecule has 0 aliphatic carbocycles. The lowest BCUT2D eigenvalue weighted by molar-refractivity contribution is -0.140. The summed E-state index contributed by atoms with van der Waals surface area (Å²) in [6.07, 6.45) is 0.390. The number of methoxy groups -OCH3 is 1. The van der Waals surface area contributed by atoms with Crippen molar-refractivity contribution in [2.75, 3.05) is 13.7 Å². The highest BCUT2D eigenvalue weighted by Crippen LogP contribution is 2.21. The predicted octanol–water partition coefficient (Wildman–Crippen LogP) is 1.73. The van der Waals surface area contributed by atoms with Gasteiger partial charge >= 0.3 is 5.97 Å². The molecule has 0 saturated heterocycles. The summed E-state index contributed by atoms with van der Waals surface area (Å²) in [7, 11) is 1.41. The number of rotatable bonds is 6. The highest BCUT2D eigenvalue weighted by molar-refractivity contribution is 5.69. The van der Waals surface area contributed by atoms with Crippen molar-refractivity contribution in [3.05, 3.63) is 17.0 Å². The lowest BCUT2D eigenvalue weighted by Crippen LogP contribution is -2.23. The number of nitrogens with zero attached hydrogens (tertiary/aromatic N) is 2. The molecule has 102 valence electrons. The smallest absolute Gasteiger partial charge is 0.306 e. The van der Waals surface area contributed by atoms with Gasteiger partial charge in [-0.25, -0.2) is 0 Å². The molecule has 0 bridgehead atoms. The molecule has 1 aromatic rings. The van der Waals surface area contributed by atoms with Crippen LogP contribution in [0.5, 0.6) is 0 Å². The second-order valence-electron chi connectivity index (χ2n) is 4.40. The summed E-state index contributed by atoms with van der Waals surface area (Å²) >= 11 is 0. The topological polar surface area (TPSA) is 56.2 Å². The Balaban J connectivity index is 2.64. The van der Waals surface area contributed by atoms with Gasteiger partial charge in [-0.1, -0.05) is 0 Å². The Labute approximate surface area is 109 Å². The molecule has 0 amide bonds. The Morgan fingerprint density at radius 3 is 2.67 bits per heavy atom. The van der Waals surface area contributed by atoms with Gasteiger partial charge in [-0.3, -0.25) is 9.48 Å². The van der Waals surface area contributed by atoms with Crippen molar-refractivity contribution < 1.29 is 9.53 Å². The molecule has 0 saturated carbocycles. The zero-order valence-corrected chi connectivity index (χ0v) is 11.9. The normalized spacial score (nSPS) is 12.5. The molecule has 1 unspecified atom stereocenters. The molecule has 0 fully saturated rings. The average Bonchev–Trinajstić information content (AvgIpc) is 2.63. The summed E-state index contributed by atoms with van der Waals surface area (Å²) in [6.45, 7) is 9.77. The van der Waals surface area contributed by atoms with E-state index in [0.717, 1.165) is 12.2 Å². The zero-order chi connectivity index (χ0) is 13.7. The maximum atomic E-state index is 11.0. The number of nitrogens with one attached hydrogen (secondary N) is 1. The summed E-state index contributed by atoms with van der Waals surface area (Å²) < 4.78 is 6.61. The van der Waals surface area contributed by atoms with Crippen molar-refractivity contribution in [2.45, 2.75) is 46.7 Å². The van der Waals surface area contributed by atoms with Gasteiger partial charge in [0.2, 0.25) is 0 Å². The number of aromatic nitrogens is 2. The van der Waals surface area contributed by atoms with E-state index < -0.39 is 0 Å². The highest BCUT2D eigenvalue weighted by atomic mass is 16.5. The first kappa shape index (κ1) is 14.7. The second kappa shape index (κ2) is 6.54. The number of carbonyl (C=O) groups is 1. The standard InChI is InChI=1S/C13H23N3O2/c1-6-16-11(4)13(10(3)15-16)9(2)14-8-7-12(17)18-5/h9,14H,6-8H2,1-5H3. The number of hydrogen-bond acceptors (Lipinski definition) is 4. The summed E-state index contributed by atoms with van der Waals surface area (Å²) in [5.41, 5.74) is 3.46. The van der Waals surface area contributed by atoms with Crippen LogP contribution in [0.25, 0.3) is 0 Å². The monoisotopic (exact) mass is 253 g/mol. The predicted molar refractivity (Wildman–Crippen MR) is 70.4 cm³/mol. The minimum Gasteiger partial charge on any atom is -0.469 e. The van der Waals surface area contributed by atoms with Gasteiger partial charge in [0.1, 0.15) is 0 Å². The molecule has 0 spiro atoms. The van der Waals surface area contributed by atoms with E-state index in [1.165, 1.54) is 18.4 Å². The summed E-state index contributed by atoms with van der Waals surface area (Å²) in [6, 6.07) is 0.190. The lowest BCUT2D eigenvalue weighted by Gasteiger charge is -2.14. The lowest BCUT2D eigenvalue weighted by atomic mass is 10.1. The van der Waals surface area contributed by atoms with E-state index in [-0.39, 0.29) is 12.0 Å². The van der Waals surface area contributed by atoms with Crippen LogP contribution in [0.2, 0.25) is 0 Å². The van der Waals surface area contributed by atoms with Crippen LogP contribution in [0.3, 0.4) is 0 Å². The molecule has 1 rings (SSSR count). The Morgan fingerprint density at radius 2 is 2.17 bits per heavy atom. The van der Waals surface area contributed by atoms with Crippen molar-refractivity contribution >= 4 is 5.97 Å². The van der Waals surface area contributed by atoms with E-state index in [1.54, 1.807) is 0 Å². The van der Waals surface area contributed by atoms with E-state index in [2.05, 4.69) is 35.9 Å². The van der Waals surface area contributed by atoms with Gasteiger partial charge in [0.15, 0.2) is 0 Å². The molecule has 5 nitrogen and oxygen atoms in total. The Kier molecular flexibility index (Phi) is 5.34. The molecule has 1 aromatic heterocycles. The molecule has 18 heavy (non-hydrogen) atoms. The Bertz CT molecular complexity index is 413. The van der Waals surface area contributed by atoms with Gasteiger partial charge < -0.3 is 10.1 Å². The van der Waals surface area contributed by atoms with Crippen LogP contribution in [0, 0.1) is 13.8 Å². The average molecular weight is 253 g/mol. The first-order valence-corrected chi connectivity index (χ1v) is 6.35. The minimum absolute atomic E-state index is 0.188. The van der Waals surface area contributed by atoms with Crippen molar-refractivity contribution in [1.29, 1.82) is 0 Å². The maximum Gasteiger partial charge on any atom is 0.306 e. The molecule has 0 aliphatic rings. The molecule has 1 atom stereocenters. The van der Waals surface area contributed by atoms with Gasteiger partial charge in [-0.15, -0.1) is 0 Å². The van der Waals surface area contributed by atoms with Crippen molar-refractivity contribution in [1.82, 2.24) is 15.1 Å². The molecule has 1 heterocycles. The first-order valence-electron chi connectivity index (χ1n) is 6.35. The molecular formula is C13H23N3O2. The highest BCUT2D eigenvalue weighted by Gasteiger charge is 2.16. The largest absolute Gasteiger partial charge is 0.469 e. The molecule has 0 aromatic carbocycles. The summed E-state index contributed by atoms with van der Waals surface area (Å²) in [5.74, 6) is -0.188. The van der Waals surface area contributed by atoms with Crippen LogP contribution >= 0.6 is 0 Å². The Morgan fingerprint density at radius 1 is 1.50 bits per heavy atom. The van der Waals surface area contributed by atoms with Crippen molar-refractivity contribution in [3.63, 3.8) is 0 Å². The van der Waals surface area contributed by atoms with Gasteiger partial charge in [0, 0.05) is 30.4 Å².